The molecule has 0 radical (unpaired) electrons. The maximum absolute atomic E-state index is 6.72. The number of hydrogen-bond acceptors (Lipinski definition) is 3. The lowest BCUT2D eigenvalue weighted by atomic mass is 10.1. The Balaban J connectivity index is 3.01. The zero-order valence-corrected chi connectivity index (χ0v) is 15.1. The minimum absolute atomic E-state index is 0.225. The van der Waals surface area contributed by atoms with Gasteiger partial charge in [0.05, 0.1) is 6.10 Å². The lowest BCUT2D eigenvalue weighted by molar-refractivity contribution is 0.188. The van der Waals surface area contributed by atoms with E-state index in [0.717, 1.165) is 6.54 Å². The van der Waals surface area contributed by atoms with Crippen molar-refractivity contribution in [1.29, 1.82) is 0 Å². The quantitative estimate of drug-likeness (QED) is 0.706. The minimum atomic E-state index is -1.56. The lowest BCUT2D eigenvalue weighted by Crippen LogP contribution is -2.39. The van der Waals surface area contributed by atoms with Crippen LogP contribution in [-0.2, 0) is 4.43 Å². The van der Waals surface area contributed by atoms with Crippen LogP contribution in [0.5, 0.6) is 0 Å². The van der Waals surface area contributed by atoms with Crippen LogP contribution in [0.3, 0.4) is 0 Å². The number of likely N-dealkylation sites (N-methyl/N-ethyl adjacent to an activating group) is 1. The summed E-state index contributed by atoms with van der Waals surface area (Å²) in [6.07, 6.45) is 0.225. The molecular weight excluding hydrogens is 270 g/mol. The molecule has 1 aromatic heterocycles. The van der Waals surface area contributed by atoms with Crippen LogP contribution in [-0.4, -0.2) is 21.9 Å². The van der Waals surface area contributed by atoms with E-state index in [-0.39, 0.29) is 6.10 Å². The molecule has 0 fully saturated rings. The Morgan fingerprint density at radius 2 is 1.79 bits per heavy atom. The van der Waals surface area contributed by atoms with Crippen molar-refractivity contribution < 1.29 is 4.43 Å². The summed E-state index contributed by atoms with van der Waals surface area (Å²) in [6, 6.07) is 3.63. The van der Waals surface area contributed by atoms with Gasteiger partial charge in [-0.15, -0.1) is 11.3 Å². The van der Waals surface area contributed by atoms with Crippen LogP contribution in [0.25, 0.3) is 0 Å². The fourth-order valence-electron chi connectivity index (χ4n) is 2.75. The second-order valence-corrected chi connectivity index (χ2v) is 11.1. The van der Waals surface area contributed by atoms with E-state index in [4.69, 9.17) is 4.43 Å². The molecule has 110 valence electrons. The first-order chi connectivity index (χ1) is 9.03. The van der Waals surface area contributed by atoms with Gasteiger partial charge in [-0.2, -0.15) is 0 Å². The van der Waals surface area contributed by atoms with Gasteiger partial charge in [0.2, 0.25) is 0 Å². The van der Waals surface area contributed by atoms with E-state index in [1.807, 2.05) is 18.4 Å². The molecule has 0 spiro atoms. The van der Waals surface area contributed by atoms with Gasteiger partial charge in [-0.1, -0.05) is 20.8 Å². The Morgan fingerprint density at radius 3 is 2.16 bits per heavy atom. The molecule has 0 aliphatic heterocycles. The van der Waals surface area contributed by atoms with Crippen molar-refractivity contribution in [2.75, 3.05) is 13.6 Å². The summed E-state index contributed by atoms with van der Waals surface area (Å²) < 4.78 is 6.72. The fourth-order valence-corrected chi connectivity index (χ4v) is 6.46. The smallest absolute Gasteiger partial charge is 0.192 e. The van der Waals surface area contributed by atoms with Gasteiger partial charge in [-0.25, -0.2) is 0 Å². The van der Waals surface area contributed by atoms with Crippen molar-refractivity contribution in [3.8, 4) is 0 Å². The van der Waals surface area contributed by atoms with E-state index in [9.17, 15) is 0 Å². The summed E-state index contributed by atoms with van der Waals surface area (Å²) in [5, 5.41) is 5.56. The SMILES string of the molecule is CC[Si](CC)(CC)OC(CNC)c1c(C)csc1C. The van der Waals surface area contributed by atoms with Gasteiger partial charge in [0.25, 0.3) is 0 Å². The van der Waals surface area contributed by atoms with Gasteiger partial charge >= 0.3 is 0 Å². The average molecular weight is 300 g/mol. The molecule has 0 saturated carbocycles. The standard InChI is InChI=1S/C15H29NOSSi/c1-7-19(8-2,9-3)17-14(10-16-6)15-12(4)11-18-13(15)5/h11,14,16H,7-10H2,1-6H3. The molecule has 1 unspecified atom stereocenters. The first kappa shape index (κ1) is 16.9. The maximum Gasteiger partial charge on any atom is 0.192 e. The van der Waals surface area contributed by atoms with Gasteiger partial charge in [-0.3, -0.25) is 0 Å². The number of aryl methyl sites for hydroxylation is 2. The van der Waals surface area contributed by atoms with Crippen LogP contribution in [0.15, 0.2) is 5.38 Å². The van der Waals surface area contributed by atoms with Gasteiger partial charge < -0.3 is 9.74 Å². The number of nitrogens with one attached hydrogen (secondary N) is 1. The molecule has 1 heterocycles. The Labute approximate surface area is 123 Å². The number of rotatable bonds is 8. The van der Waals surface area contributed by atoms with E-state index in [2.05, 4.69) is 45.3 Å². The Bertz CT molecular complexity index is 360. The molecule has 0 aliphatic rings. The van der Waals surface area contributed by atoms with Crippen LogP contribution < -0.4 is 5.32 Å². The van der Waals surface area contributed by atoms with Crippen LogP contribution in [0.2, 0.25) is 18.1 Å². The molecule has 1 rings (SSSR count). The van der Waals surface area contributed by atoms with Crippen molar-refractivity contribution >= 4 is 19.7 Å². The maximum atomic E-state index is 6.72. The van der Waals surface area contributed by atoms with Crippen LogP contribution in [0.1, 0.15) is 42.9 Å². The van der Waals surface area contributed by atoms with Gasteiger partial charge in [-0.05, 0) is 55.5 Å². The third kappa shape index (κ3) is 3.91. The molecule has 1 aromatic rings. The topological polar surface area (TPSA) is 21.3 Å². The molecule has 2 nitrogen and oxygen atoms in total. The van der Waals surface area contributed by atoms with Crippen LogP contribution in [0, 0.1) is 13.8 Å². The normalized spacial score (nSPS) is 13.8. The summed E-state index contributed by atoms with van der Waals surface area (Å²) in [5.41, 5.74) is 2.81. The van der Waals surface area contributed by atoms with E-state index in [1.54, 1.807) is 0 Å². The van der Waals surface area contributed by atoms with Crippen molar-refractivity contribution in [1.82, 2.24) is 5.32 Å². The molecule has 0 amide bonds. The van der Waals surface area contributed by atoms with Crippen molar-refractivity contribution in [3.05, 3.63) is 21.4 Å². The zero-order valence-electron chi connectivity index (χ0n) is 13.3. The van der Waals surface area contributed by atoms with E-state index in [1.165, 1.54) is 34.1 Å². The Morgan fingerprint density at radius 1 is 1.21 bits per heavy atom. The highest BCUT2D eigenvalue weighted by molar-refractivity contribution is 7.10. The highest BCUT2D eigenvalue weighted by Gasteiger charge is 2.33. The molecule has 4 heteroatoms. The summed E-state index contributed by atoms with van der Waals surface area (Å²) in [6.45, 7) is 12.2. The van der Waals surface area contributed by atoms with Gasteiger partial charge in [0, 0.05) is 11.4 Å². The largest absolute Gasteiger partial charge is 0.409 e. The molecule has 0 saturated heterocycles. The Kier molecular flexibility index (Phi) is 6.73. The number of thiophene rings is 1. The van der Waals surface area contributed by atoms with E-state index in [0.29, 0.717) is 0 Å². The third-order valence-corrected chi connectivity index (χ3v) is 9.95. The van der Waals surface area contributed by atoms with Gasteiger partial charge in [0.15, 0.2) is 8.32 Å². The summed E-state index contributed by atoms with van der Waals surface area (Å²) in [4.78, 5) is 1.41. The summed E-state index contributed by atoms with van der Waals surface area (Å²) in [7, 11) is 0.459. The molecule has 1 atom stereocenters. The summed E-state index contributed by atoms with van der Waals surface area (Å²) >= 11 is 1.84. The first-order valence-electron chi connectivity index (χ1n) is 7.40. The minimum Gasteiger partial charge on any atom is -0.409 e. The molecule has 0 aromatic carbocycles. The lowest BCUT2D eigenvalue weighted by Gasteiger charge is -2.34. The molecule has 0 bridgehead atoms. The van der Waals surface area contributed by atoms with E-state index < -0.39 is 8.32 Å². The predicted octanol–water partition coefficient (Wildman–Crippen LogP) is 4.65. The molecule has 1 N–H and O–H groups in total. The van der Waals surface area contributed by atoms with Crippen LogP contribution >= 0.6 is 11.3 Å². The highest BCUT2D eigenvalue weighted by atomic mass is 32.1. The fraction of sp³-hybridized carbons (Fsp3) is 0.733. The second-order valence-electron chi connectivity index (χ2n) is 5.30. The number of hydrogen-bond donors (Lipinski definition) is 1. The van der Waals surface area contributed by atoms with E-state index >= 15 is 0 Å². The van der Waals surface area contributed by atoms with Gasteiger partial charge in [0.1, 0.15) is 0 Å². The molecule has 19 heavy (non-hydrogen) atoms. The first-order valence-corrected chi connectivity index (χ1v) is 10.8. The van der Waals surface area contributed by atoms with Crippen molar-refractivity contribution in [2.24, 2.45) is 0 Å². The monoisotopic (exact) mass is 299 g/mol. The zero-order chi connectivity index (χ0) is 14.5. The average Bonchev–Trinajstić information content (AvgIpc) is 2.75. The molecule has 0 aliphatic carbocycles. The second kappa shape index (κ2) is 7.57. The van der Waals surface area contributed by atoms with Crippen LogP contribution in [0.4, 0.5) is 0 Å². The third-order valence-electron chi connectivity index (χ3n) is 4.25. The molecular formula is C15H29NOSSi. The Hall–Kier alpha value is -0.163. The van der Waals surface area contributed by atoms with Crippen molar-refractivity contribution in [3.63, 3.8) is 0 Å². The summed E-state index contributed by atoms with van der Waals surface area (Å²) in [5.74, 6) is 0. The highest BCUT2D eigenvalue weighted by Crippen LogP contribution is 2.34. The predicted molar refractivity (Wildman–Crippen MR) is 88.7 cm³/mol. The van der Waals surface area contributed by atoms with Crippen molar-refractivity contribution in [2.45, 2.75) is 58.9 Å².